The molecule has 11 nitrogen and oxygen atoms in total. The second-order valence-electron chi connectivity index (χ2n) is 14.3. The van der Waals surface area contributed by atoms with Crippen molar-refractivity contribution in [3.05, 3.63) is 157 Å². The molecular weight excluding hydrogens is 735 g/mol. The van der Waals surface area contributed by atoms with Gasteiger partial charge < -0.3 is 35.3 Å². The molecule has 1 aliphatic rings. The number of hydrogen-bond acceptors (Lipinski definition) is 8. The van der Waals surface area contributed by atoms with E-state index >= 15 is 0 Å². The zero-order chi connectivity index (χ0) is 41.3. The van der Waals surface area contributed by atoms with Crippen molar-refractivity contribution in [3.8, 4) is 11.1 Å². The lowest BCUT2D eigenvalue weighted by atomic mass is 9.97. The summed E-state index contributed by atoms with van der Waals surface area (Å²) in [4.78, 5) is 54.5. The molecule has 0 aromatic heterocycles. The molecule has 304 valence electrons. The molecule has 0 unspecified atom stereocenters. The van der Waals surface area contributed by atoms with Crippen molar-refractivity contribution in [1.29, 1.82) is 0 Å². The number of ether oxygens (including phenoxy) is 3. The number of aliphatic hydroxyl groups is 1. The smallest absolute Gasteiger partial charge is 0.407 e. The fourth-order valence-corrected chi connectivity index (χ4v) is 7.29. The number of carbonyl (C=O) groups is 4. The minimum absolute atomic E-state index is 0.0492. The van der Waals surface area contributed by atoms with E-state index in [0.29, 0.717) is 18.4 Å². The van der Waals surface area contributed by atoms with Gasteiger partial charge in [-0.3, -0.25) is 9.59 Å². The first-order valence-electron chi connectivity index (χ1n) is 19.6. The third kappa shape index (κ3) is 11.7. The Labute approximate surface area is 340 Å². The number of allylic oxidation sites excluding steroid dienone is 2. The van der Waals surface area contributed by atoms with Gasteiger partial charge in [0.1, 0.15) is 18.8 Å². The second-order valence-corrected chi connectivity index (χ2v) is 14.3. The van der Waals surface area contributed by atoms with Crippen LogP contribution in [0.25, 0.3) is 11.1 Å². The Kier molecular flexibility index (Phi) is 16.4. The van der Waals surface area contributed by atoms with Gasteiger partial charge in [-0.05, 0) is 59.1 Å². The van der Waals surface area contributed by atoms with Crippen LogP contribution in [0, 0.1) is 5.92 Å². The molecule has 3 amide bonds. The van der Waals surface area contributed by atoms with Gasteiger partial charge in [0.15, 0.2) is 0 Å². The van der Waals surface area contributed by atoms with Crippen LogP contribution in [0.4, 0.5) is 4.79 Å². The van der Waals surface area contributed by atoms with E-state index in [1.165, 1.54) is 7.11 Å². The van der Waals surface area contributed by atoms with Gasteiger partial charge in [0.25, 0.3) is 0 Å². The molecule has 5 rings (SSSR count). The number of nitrogens with one attached hydrogen (secondary N) is 3. The molecule has 0 heterocycles. The fourth-order valence-electron chi connectivity index (χ4n) is 7.29. The van der Waals surface area contributed by atoms with Crippen LogP contribution in [0.3, 0.4) is 0 Å². The van der Waals surface area contributed by atoms with E-state index in [0.717, 1.165) is 27.8 Å². The van der Waals surface area contributed by atoms with Gasteiger partial charge in [0.05, 0.1) is 31.2 Å². The fraction of sp³-hybridized carbons (Fsp3) is 0.319. The summed E-state index contributed by atoms with van der Waals surface area (Å²) in [6.07, 6.45) is 2.39. The Bertz CT molecular complexity index is 1940. The maximum absolute atomic E-state index is 14.0. The van der Waals surface area contributed by atoms with Crippen molar-refractivity contribution in [2.45, 2.75) is 62.3 Å². The molecule has 4 aromatic carbocycles. The van der Waals surface area contributed by atoms with E-state index < -0.39 is 54.0 Å². The predicted octanol–water partition coefficient (Wildman–Crippen LogP) is 6.58. The molecule has 0 spiro atoms. The lowest BCUT2D eigenvalue weighted by molar-refractivity contribution is -0.155. The molecular formula is C47H53N3O8. The first-order valence-corrected chi connectivity index (χ1v) is 19.6. The normalized spacial score (nSPS) is 14.3. The highest BCUT2D eigenvalue weighted by molar-refractivity contribution is 5.86. The molecule has 0 saturated heterocycles. The van der Waals surface area contributed by atoms with Gasteiger partial charge in [0.2, 0.25) is 11.8 Å². The topological polar surface area (TPSA) is 152 Å². The van der Waals surface area contributed by atoms with Crippen LogP contribution in [-0.4, -0.2) is 74.0 Å². The molecule has 0 radical (unpaired) electrons. The summed E-state index contributed by atoms with van der Waals surface area (Å²) < 4.78 is 17.4. The van der Waals surface area contributed by atoms with Crippen LogP contribution in [0.2, 0.25) is 0 Å². The van der Waals surface area contributed by atoms with Crippen LogP contribution in [0.1, 0.15) is 60.0 Å². The molecule has 0 saturated carbocycles. The minimum Gasteiger partial charge on any atom is -0.454 e. The Balaban J connectivity index is 1.27. The summed E-state index contributed by atoms with van der Waals surface area (Å²) in [6, 6.07) is 31.9. The van der Waals surface area contributed by atoms with Gasteiger partial charge in [-0.2, -0.15) is 0 Å². The number of methoxy groups -OCH3 is 1. The van der Waals surface area contributed by atoms with E-state index in [2.05, 4.69) is 41.2 Å². The number of aliphatic hydroxyl groups excluding tert-OH is 1. The average Bonchev–Trinajstić information content (AvgIpc) is 3.56. The van der Waals surface area contributed by atoms with Gasteiger partial charge in [-0.1, -0.05) is 121 Å². The van der Waals surface area contributed by atoms with Gasteiger partial charge in [-0.25, -0.2) is 9.59 Å². The Morgan fingerprint density at radius 3 is 2.02 bits per heavy atom. The molecule has 4 aromatic rings. The third-order valence-corrected chi connectivity index (χ3v) is 10.2. The van der Waals surface area contributed by atoms with Crippen molar-refractivity contribution in [2.75, 3.05) is 26.9 Å². The largest absolute Gasteiger partial charge is 0.454 e. The highest BCUT2D eigenvalue weighted by Crippen LogP contribution is 2.44. The number of amides is 3. The summed E-state index contributed by atoms with van der Waals surface area (Å²) in [5.41, 5.74) is 5.83. The van der Waals surface area contributed by atoms with Crippen LogP contribution < -0.4 is 16.0 Å². The molecule has 58 heavy (non-hydrogen) atoms. The second kappa shape index (κ2) is 22.0. The maximum atomic E-state index is 14.0. The number of carbonyl (C=O) groups excluding carboxylic acids is 4. The first kappa shape index (κ1) is 43.1. The Morgan fingerprint density at radius 1 is 0.793 bits per heavy atom. The van der Waals surface area contributed by atoms with Crippen molar-refractivity contribution in [2.24, 2.45) is 5.92 Å². The Morgan fingerprint density at radius 2 is 1.41 bits per heavy atom. The first-order chi connectivity index (χ1) is 28.3. The van der Waals surface area contributed by atoms with Crippen molar-refractivity contribution < 1.29 is 38.5 Å². The van der Waals surface area contributed by atoms with Crippen molar-refractivity contribution >= 4 is 23.9 Å². The lowest BCUT2D eigenvalue weighted by Gasteiger charge is -2.30. The van der Waals surface area contributed by atoms with Gasteiger partial charge in [-0.15, -0.1) is 13.2 Å². The Hall–Kier alpha value is -6.04. The lowest BCUT2D eigenvalue weighted by Crippen LogP contribution is -2.49. The molecule has 11 heteroatoms. The molecule has 1 aliphatic carbocycles. The van der Waals surface area contributed by atoms with E-state index in [4.69, 9.17) is 14.2 Å². The molecule has 0 bridgehead atoms. The SMILES string of the molecule is C=CCC[C@H](NC(=O)OCC1c2ccccc2-c2ccccc21)C(=O)O[C@@H](c1ccccc1)[C@H](COC)NC(=O)[C@H](CC=C)CC(=O)N[C@H](CO)Cc1ccccc1. The average molecular weight is 788 g/mol. The van der Waals surface area contributed by atoms with Gasteiger partial charge >= 0.3 is 12.1 Å². The number of hydrogen-bond donors (Lipinski definition) is 4. The standard InChI is InChI=1S/C47H53N3O8/c1-4-6-26-41(50-47(55)57-30-40-38-24-15-13-22-36(38)37-23-14-16-25-39(37)40)46(54)58-44(33-20-11-8-12-21-33)42(31-56-3)49-45(53)34(17-5-2)28-43(52)48-35(29-51)27-32-18-9-7-10-19-32/h4-5,7-16,18-25,34-35,40-42,44,51H,1-2,6,17,26-31H2,3H3,(H,48,52)(H,49,53)(H,50,55)/t34-,35+,41+,42+,44+/m1/s1. The summed E-state index contributed by atoms with van der Waals surface area (Å²) in [5.74, 6) is -2.61. The predicted molar refractivity (Wildman–Crippen MR) is 223 cm³/mol. The van der Waals surface area contributed by atoms with E-state index in [9.17, 15) is 24.3 Å². The maximum Gasteiger partial charge on any atom is 0.407 e. The van der Waals surface area contributed by atoms with Crippen molar-refractivity contribution in [1.82, 2.24) is 16.0 Å². The number of benzene rings is 4. The van der Waals surface area contributed by atoms with E-state index in [1.54, 1.807) is 36.4 Å². The van der Waals surface area contributed by atoms with Crippen LogP contribution in [0.5, 0.6) is 0 Å². The number of alkyl carbamates (subject to hydrolysis) is 1. The van der Waals surface area contributed by atoms with E-state index in [-0.39, 0.29) is 45.0 Å². The monoisotopic (exact) mass is 787 g/mol. The van der Waals surface area contributed by atoms with Crippen LogP contribution >= 0.6 is 0 Å². The number of rotatable bonds is 22. The molecule has 4 N–H and O–H groups in total. The quantitative estimate of drug-likeness (QED) is 0.0516. The summed E-state index contributed by atoms with van der Waals surface area (Å²) in [5, 5.41) is 18.5. The highest BCUT2D eigenvalue weighted by atomic mass is 16.6. The number of fused-ring (bicyclic) bond motifs is 3. The van der Waals surface area contributed by atoms with Gasteiger partial charge in [0, 0.05) is 19.4 Å². The highest BCUT2D eigenvalue weighted by Gasteiger charge is 2.35. The zero-order valence-electron chi connectivity index (χ0n) is 32.9. The minimum atomic E-state index is -1.11. The zero-order valence-corrected chi connectivity index (χ0v) is 32.9. The summed E-state index contributed by atoms with van der Waals surface area (Å²) in [6.45, 7) is 7.31. The molecule has 0 aliphatic heterocycles. The summed E-state index contributed by atoms with van der Waals surface area (Å²) in [7, 11) is 1.46. The molecule has 5 atom stereocenters. The van der Waals surface area contributed by atoms with Crippen LogP contribution in [-0.2, 0) is 35.0 Å². The third-order valence-electron chi connectivity index (χ3n) is 10.2. The van der Waals surface area contributed by atoms with Crippen molar-refractivity contribution in [3.63, 3.8) is 0 Å². The van der Waals surface area contributed by atoms with Crippen LogP contribution in [0.15, 0.2) is 135 Å². The summed E-state index contributed by atoms with van der Waals surface area (Å²) >= 11 is 0. The van der Waals surface area contributed by atoms with E-state index in [1.807, 2.05) is 72.8 Å². The number of esters is 1. The molecule has 0 fully saturated rings.